The second-order valence-corrected chi connectivity index (χ2v) is 3.63. The van der Waals surface area contributed by atoms with Gasteiger partial charge in [0.05, 0.1) is 18.2 Å². The smallest absolute Gasteiger partial charge is 0.197 e. The van der Waals surface area contributed by atoms with Crippen molar-refractivity contribution in [3.05, 3.63) is 42.5 Å². The van der Waals surface area contributed by atoms with Crippen molar-refractivity contribution in [3.8, 4) is 0 Å². The largest absolute Gasteiger partial charge is 0.473 e. The highest BCUT2D eigenvalue weighted by Gasteiger charge is 2.11. The van der Waals surface area contributed by atoms with Crippen LogP contribution in [0.4, 0.5) is 0 Å². The predicted molar refractivity (Wildman–Crippen MR) is 63.3 cm³/mol. The number of rotatable bonds is 3. The number of aryl methyl sites for hydroxylation is 1. The standard InChI is InChI=1S/C9H15NO.C4H4O/c1-4-8(5-2)9-10-7(3)6-11-9;1-2-4-5-3-1/h6,8H,4-5H2,1-3H3;1-4H. The lowest BCUT2D eigenvalue weighted by molar-refractivity contribution is 0.431. The van der Waals surface area contributed by atoms with Gasteiger partial charge in [-0.2, -0.15) is 0 Å². The minimum absolute atomic E-state index is 0.503. The molecule has 2 aromatic rings. The van der Waals surface area contributed by atoms with E-state index in [0.717, 1.165) is 24.4 Å². The molecule has 0 unspecified atom stereocenters. The van der Waals surface area contributed by atoms with Crippen LogP contribution in [0.3, 0.4) is 0 Å². The highest BCUT2D eigenvalue weighted by molar-refractivity contribution is 4.97. The lowest BCUT2D eigenvalue weighted by Gasteiger charge is -2.05. The minimum Gasteiger partial charge on any atom is -0.473 e. The van der Waals surface area contributed by atoms with Crippen molar-refractivity contribution in [1.29, 1.82) is 0 Å². The van der Waals surface area contributed by atoms with E-state index >= 15 is 0 Å². The molecule has 0 bridgehead atoms. The predicted octanol–water partition coefficient (Wildman–Crippen LogP) is 4.17. The van der Waals surface area contributed by atoms with E-state index in [1.165, 1.54) is 0 Å². The summed E-state index contributed by atoms with van der Waals surface area (Å²) in [7, 11) is 0. The third kappa shape index (κ3) is 3.93. The van der Waals surface area contributed by atoms with Crippen molar-refractivity contribution < 1.29 is 8.83 Å². The molecule has 2 heterocycles. The molecule has 0 atom stereocenters. The molecule has 2 aromatic heterocycles. The van der Waals surface area contributed by atoms with E-state index in [0.29, 0.717) is 5.92 Å². The van der Waals surface area contributed by atoms with Crippen LogP contribution >= 0.6 is 0 Å². The van der Waals surface area contributed by atoms with Gasteiger partial charge in [0.25, 0.3) is 0 Å². The Kier molecular flexibility index (Phi) is 5.40. The van der Waals surface area contributed by atoms with Gasteiger partial charge >= 0.3 is 0 Å². The maximum absolute atomic E-state index is 5.30. The SMILES string of the molecule is CCC(CC)c1nc(C)co1.c1ccoc1. The maximum atomic E-state index is 5.30. The Hall–Kier alpha value is -1.51. The Morgan fingerprint density at radius 1 is 1.19 bits per heavy atom. The molecule has 0 fully saturated rings. The highest BCUT2D eigenvalue weighted by atomic mass is 16.3. The first-order chi connectivity index (χ1) is 7.77. The Labute approximate surface area is 96.5 Å². The maximum Gasteiger partial charge on any atom is 0.197 e. The van der Waals surface area contributed by atoms with Gasteiger partial charge in [0, 0.05) is 5.92 Å². The Morgan fingerprint density at radius 2 is 1.81 bits per heavy atom. The number of hydrogen-bond donors (Lipinski definition) is 0. The van der Waals surface area contributed by atoms with Gasteiger partial charge in [0.1, 0.15) is 6.26 Å². The summed E-state index contributed by atoms with van der Waals surface area (Å²) in [5.41, 5.74) is 0.979. The average Bonchev–Trinajstić information content (AvgIpc) is 2.94. The third-order valence-electron chi connectivity index (χ3n) is 2.40. The molecule has 0 N–H and O–H groups in total. The van der Waals surface area contributed by atoms with Crippen molar-refractivity contribution in [2.75, 3.05) is 0 Å². The first-order valence-corrected chi connectivity index (χ1v) is 5.67. The van der Waals surface area contributed by atoms with Crippen LogP contribution in [0.25, 0.3) is 0 Å². The first kappa shape index (κ1) is 12.6. The summed E-state index contributed by atoms with van der Waals surface area (Å²) in [5.74, 6) is 1.40. The molecule has 3 nitrogen and oxygen atoms in total. The molecular weight excluding hydrogens is 202 g/mol. The van der Waals surface area contributed by atoms with Crippen molar-refractivity contribution in [1.82, 2.24) is 4.98 Å². The van der Waals surface area contributed by atoms with Crippen LogP contribution in [0.1, 0.15) is 44.2 Å². The van der Waals surface area contributed by atoms with E-state index in [-0.39, 0.29) is 0 Å². The average molecular weight is 221 g/mol. The second-order valence-electron chi connectivity index (χ2n) is 3.63. The van der Waals surface area contributed by atoms with Crippen molar-refractivity contribution in [3.63, 3.8) is 0 Å². The molecular formula is C13H19NO2. The summed E-state index contributed by atoms with van der Waals surface area (Å²) in [6.45, 7) is 6.27. The van der Waals surface area contributed by atoms with Crippen LogP contribution in [-0.2, 0) is 0 Å². The molecule has 2 rings (SSSR count). The minimum atomic E-state index is 0.503. The number of nitrogens with zero attached hydrogens (tertiary/aromatic N) is 1. The molecule has 0 aliphatic carbocycles. The molecule has 0 amide bonds. The van der Waals surface area contributed by atoms with Crippen LogP contribution in [0.2, 0.25) is 0 Å². The van der Waals surface area contributed by atoms with Gasteiger partial charge < -0.3 is 8.83 Å². The van der Waals surface area contributed by atoms with Crippen molar-refractivity contribution >= 4 is 0 Å². The summed E-state index contributed by atoms with van der Waals surface area (Å²) in [6, 6.07) is 3.67. The highest BCUT2D eigenvalue weighted by Crippen LogP contribution is 2.21. The third-order valence-corrected chi connectivity index (χ3v) is 2.40. The Bertz CT molecular complexity index is 344. The van der Waals surface area contributed by atoms with E-state index in [9.17, 15) is 0 Å². The lowest BCUT2D eigenvalue weighted by atomic mass is 10.0. The topological polar surface area (TPSA) is 39.2 Å². The Morgan fingerprint density at radius 3 is 2.12 bits per heavy atom. The summed E-state index contributed by atoms with van der Waals surface area (Å²) < 4.78 is 9.88. The van der Waals surface area contributed by atoms with E-state index in [4.69, 9.17) is 4.42 Å². The number of hydrogen-bond acceptors (Lipinski definition) is 3. The molecule has 0 aliphatic heterocycles. The van der Waals surface area contributed by atoms with E-state index < -0.39 is 0 Å². The Balaban J connectivity index is 0.000000212. The molecule has 0 spiro atoms. The summed E-state index contributed by atoms with van der Waals surface area (Å²) in [4.78, 5) is 4.29. The fourth-order valence-corrected chi connectivity index (χ4v) is 1.42. The zero-order valence-corrected chi connectivity index (χ0v) is 10.1. The van der Waals surface area contributed by atoms with Gasteiger partial charge in [0.2, 0.25) is 0 Å². The second kappa shape index (κ2) is 6.88. The molecule has 0 radical (unpaired) electrons. The van der Waals surface area contributed by atoms with Crippen LogP contribution in [0.15, 0.2) is 39.8 Å². The first-order valence-electron chi connectivity index (χ1n) is 5.67. The van der Waals surface area contributed by atoms with Gasteiger partial charge in [0.15, 0.2) is 5.89 Å². The molecule has 88 valence electrons. The fraction of sp³-hybridized carbons (Fsp3) is 0.462. The van der Waals surface area contributed by atoms with E-state index in [1.807, 2.05) is 19.1 Å². The normalized spacial score (nSPS) is 10.0. The van der Waals surface area contributed by atoms with Gasteiger partial charge in [-0.05, 0) is 31.9 Å². The van der Waals surface area contributed by atoms with Crippen LogP contribution in [0.5, 0.6) is 0 Å². The van der Waals surface area contributed by atoms with Gasteiger partial charge in [-0.1, -0.05) is 13.8 Å². The van der Waals surface area contributed by atoms with Gasteiger partial charge in [-0.25, -0.2) is 4.98 Å². The molecule has 3 heteroatoms. The van der Waals surface area contributed by atoms with Crippen LogP contribution < -0.4 is 0 Å². The zero-order chi connectivity index (χ0) is 11.8. The number of furan rings is 1. The molecule has 0 aliphatic rings. The summed E-state index contributed by atoms with van der Waals surface area (Å²) in [5, 5.41) is 0. The molecule has 0 saturated carbocycles. The fourth-order valence-electron chi connectivity index (χ4n) is 1.42. The molecule has 0 saturated heterocycles. The van der Waals surface area contributed by atoms with Crippen LogP contribution in [-0.4, -0.2) is 4.98 Å². The summed E-state index contributed by atoms with van der Waals surface area (Å²) >= 11 is 0. The number of oxazole rings is 1. The quantitative estimate of drug-likeness (QED) is 0.781. The van der Waals surface area contributed by atoms with Crippen LogP contribution in [0, 0.1) is 6.92 Å². The number of aromatic nitrogens is 1. The monoisotopic (exact) mass is 221 g/mol. The lowest BCUT2D eigenvalue weighted by Crippen LogP contribution is -1.95. The van der Waals surface area contributed by atoms with E-state index in [2.05, 4.69) is 23.2 Å². The van der Waals surface area contributed by atoms with Crippen molar-refractivity contribution in [2.45, 2.75) is 39.5 Å². The van der Waals surface area contributed by atoms with E-state index in [1.54, 1.807) is 18.8 Å². The zero-order valence-electron chi connectivity index (χ0n) is 10.1. The molecule has 0 aromatic carbocycles. The summed E-state index contributed by atoms with van der Waals surface area (Å²) in [6.07, 6.45) is 7.18. The van der Waals surface area contributed by atoms with Crippen molar-refractivity contribution in [2.24, 2.45) is 0 Å². The molecule has 16 heavy (non-hydrogen) atoms. The van der Waals surface area contributed by atoms with Gasteiger partial charge in [-0.3, -0.25) is 0 Å². The van der Waals surface area contributed by atoms with Gasteiger partial charge in [-0.15, -0.1) is 0 Å².